The van der Waals surface area contributed by atoms with Gasteiger partial charge in [-0.05, 0) is 73.0 Å². The fraction of sp³-hybridized carbons (Fsp3) is 0.208. The second-order valence-corrected chi connectivity index (χ2v) is 6.58. The van der Waals surface area contributed by atoms with Crippen LogP contribution in [0.25, 0.3) is 27.6 Å². The number of allylic oxidation sites excluding steroid dienone is 3. The Bertz CT molecular complexity index is 977. The Balaban J connectivity index is 2.24. The van der Waals surface area contributed by atoms with Gasteiger partial charge in [0, 0.05) is 17.1 Å². The number of pyridine rings is 1. The van der Waals surface area contributed by atoms with Crippen LogP contribution in [0.1, 0.15) is 36.1 Å². The molecule has 1 heteroatoms. The van der Waals surface area contributed by atoms with Crippen molar-refractivity contribution in [3.63, 3.8) is 0 Å². The number of benzene rings is 2. The van der Waals surface area contributed by atoms with Gasteiger partial charge in [-0.1, -0.05) is 49.4 Å². The predicted molar refractivity (Wildman–Crippen MR) is 110 cm³/mol. The average molecular weight is 327 g/mol. The van der Waals surface area contributed by atoms with E-state index in [9.17, 15) is 0 Å². The average Bonchev–Trinajstić information content (AvgIpc) is 2.61. The third kappa shape index (κ3) is 3.28. The zero-order valence-electron chi connectivity index (χ0n) is 15.6. The van der Waals surface area contributed by atoms with Gasteiger partial charge in [-0.2, -0.15) is 0 Å². The first-order valence-electron chi connectivity index (χ1n) is 8.86. The molecule has 2 aromatic carbocycles. The first-order valence-corrected chi connectivity index (χ1v) is 8.86. The Morgan fingerprint density at radius 2 is 1.88 bits per heavy atom. The summed E-state index contributed by atoms with van der Waals surface area (Å²) in [5.41, 5.74) is 8.38. The van der Waals surface area contributed by atoms with Crippen molar-refractivity contribution in [1.82, 2.24) is 4.98 Å². The Morgan fingerprint density at radius 1 is 1.08 bits per heavy atom. The SMILES string of the molecule is C=C(/C=C\C)c1ccc2c(-c3cc(C)cc(CC)c3)nccc2c1C. The highest BCUT2D eigenvalue weighted by atomic mass is 14.7. The van der Waals surface area contributed by atoms with Gasteiger partial charge in [0.1, 0.15) is 0 Å². The maximum atomic E-state index is 4.71. The quantitative estimate of drug-likeness (QED) is 0.488. The van der Waals surface area contributed by atoms with Crippen LogP contribution >= 0.6 is 0 Å². The lowest BCUT2D eigenvalue weighted by Crippen LogP contribution is -1.93. The summed E-state index contributed by atoms with van der Waals surface area (Å²) in [6.45, 7) is 12.7. The summed E-state index contributed by atoms with van der Waals surface area (Å²) in [5.74, 6) is 0. The van der Waals surface area contributed by atoms with E-state index in [4.69, 9.17) is 4.98 Å². The van der Waals surface area contributed by atoms with Crippen LogP contribution in [-0.2, 0) is 6.42 Å². The van der Waals surface area contributed by atoms with E-state index in [2.05, 4.69) is 69.8 Å². The Hall–Kier alpha value is -2.67. The molecule has 0 unspecified atom stereocenters. The summed E-state index contributed by atoms with van der Waals surface area (Å²) in [6.07, 6.45) is 7.04. The third-order valence-electron chi connectivity index (χ3n) is 4.75. The van der Waals surface area contributed by atoms with Crippen LogP contribution in [0.2, 0.25) is 0 Å². The minimum absolute atomic E-state index is 1.03. The normalized spacial score (nSPS) is 11.4. The summed E-state index contributed by atoms with van der Waals surface area (Å²) in [7, 11) is 0. The number of aryl methyl sites for hydroxylation is 3. The van der Waals surface area contributed by atoms with Crippen LogP contribution < -0.4 is 0 Å². The van der Waals surface area contributed by atoms with Gasteiger partial charge >= 0.3 is 0 Å². The van der Waals surface area contributed by atoms with E-state index in [1.807, 2.05) is 19.2 Å². The highest BCUT2D eigenvalue weighted by molar-refractivity contribution is 5.99. The van der Waals surface area contributed by atoms with E-state index in [1.165, 1.54) is 38.6 Å². The number of fused-ring (bicyclic) bond motifs is 1. The highest BCUT2D eigenvalue weighted by Gasteiger charge is 2.11. The predicted octanol–water partition coefficient (Wildman–Crippen LogP) is 6.67. The molecule has 3 rings (SSSR count). The fourth-order valence-electron chi connectivity index (χ4n) is 3.48. The number of aromatic nitrogens is 1. The van der Waals surface area contributed by atoms with E-state index in [0.29, 0.717) is 0 Å². The summed E-state index contributed by atoms with van der Waals surface area (Å²) in [5, 5.41) is 2.44. The molecule has 1 aromatic heterocycles. The third-order valence-corrected chi connectivity index (χ3v) is 4.75. The second-order valence-electron chi connectivity index (χ2n) is 6.58. The first kappa shape index (κ1) is 17.2. The molecule has 3 aromatic rings. The standard InChI is InChI=1S/C24H25N/c1-6-8-17(4)21-9-10-23-22(18(21)5)11-12-25-24(23)20-14-16(3)13-19(7-2)15-20/h6,8-15H,4,7H2,1-3,5H3/b8-6-. The first-order chi connectivity index (χ1) is 12.0. The molecule has 0 spiro atoms. The molecule has 0 aliphatic heterocycles. The topological polar surface area (TPSA) is 12.9 Å². The molecule has 0 fully saturated rings. The Morgan fingerprint density at radius 3 is 2.60 bits per heavy atom. The Kier molecular flexibility index (Phi) is 4.85. The zero-order chi connectivity index (χ0) is 18.0. The van der Waals surface area contributed by atoms with E-state index >= 15 is 0 Å². The maximum absolute atomic E-state index is 4.71. The molecule has 0 atom stereocenters. The van der Waals surface area contributed by atoms with Gasteiger partial charge in [0.05, 0.1) is 5.69 Å². The second kappa shape index (κ2) is 7.06. The number of rotatable bonds is 4. The number of hydrogen-bond donors (Lipinski definition) is 0. The van der Waals surface area contributed by atoms with Crippen LogP contribution in [0.4, 0.5) is 0 Å². The van der Waals surface area contributed by atoms with Gasteiger partial charge in [0.2, 0.25) is 0 Å². The molecule has 25 heavy (non-hydrogen) atoms. The van der Waals surface area contributed by atoms with Crippen LogP contribution in [0, 0.1) is 13.8 Å². The highest BCUT2D eigenvalue weighted by Crippen LogP contribution is 2.33. The van der Waals surface area contributed by atoms with E-state index in [1.54, 1.807) is 0 Å². The van der Waals surface area contributed by atoms with Gasteiger partial charge < -0.3 is 0 Å². The molecule has 0 bridgehead atoms. The van der Waals surface area contributed by atoms with Gasteiger partial charge in [-0.25, -0.2) is 0 Å². The molecule has 0 amide bonds. The molecule has 0 aliphatic rings. The summed E-state index contributed by atoms with van der Waals surface area (Å²) >= 11 is 0. The van der Waals surface area contributed by atoms with Gasteiger partial charge in [0.25, 0.3) is 0 Å². The summed E-state index contributed by atoms with van der Waals surface area (Å²) < 4.78 is 0. The van der Waals surface area contributed by atoms with Crippen LogP contribution in [0.3, 0.4) is 0 Å². The largest absolute Gasteiger partial charge is 0.256 e. The molecule has 0 aliphatic carbocycles. The smallest absolute Gasteiger partial charge is 0.0780 e. The summed E-state index contributed by atoms with van der Waals surface area (Å²) in [6, 6.07) is 13.2. The molecule has 1 heterocycles. The van der Waals surface area contributed by atoms with E-state index in [0.717, 1.165) is 17.7 Å². The van der Waals surface area contributed by atoms with Crippen molar-refractivity contribution in [2.45, 2.75) is 34.1 Å². The minimum atomic E-state index is 1.03. The van der Waals surface area contributed by atoms with Crippen LogP contribution in [0.5, 0.6) is 0 Å². The van der Waals surface area contributed by atoms with Crippen molar-refractivity contribution in [1.29, 1.82) is 0 Å². The van der Waals surface area contributed by atoms with Crippen molar-refractivity contribution in [3.05, 3.63) is 83.6 Å². The van der Waals surface area contributed by atoms with Gasteiger partial charge in [-0.15, -0.1) is 0 Å². The molecular formula is C24H25N. The lowest BCUT2D eigenvalue weighted by atomic mass is 9.93. The monoisotopic (exact) mass is 327 g/mol. The zero-order valence-corrected chi connectivity index (χ0v) is 15.6. The van der Waals surface area contributed by atoms with Crippen molar-refractivity contribution in [3.8, 4) is 11.3 Å². The van der Waals surface area contributed by atoms with Gasteiger partial charge in [-0.3, -0.25) is 4.98 Å². The minimum Gasteiger partial charge on any atom is -0.256 e. The Labute approximate surface area is 150 Å². The summed E-state index contributed by atoms with van der Waals surface area (Å²) in [4.78, 5) is 4.71. The molecule has 1 nitrogen and oxygen atoms in total. The molecular weight excluding hydrogens is 302 g/mol. The molecule has 126 valence electrons. The lowest BCUT2D eigenvalue weighted by molar-refractivity contribution is 1.13. The molecule has 0 N–H and O–H groups in total. The fourth-order valence-corrected chi connectivity index (χ4v) is 3.48. The number of hydrogen-bond acceptors (Lipinski definition) is 1. The lowest BCUT2D eigenvalue weighted by Gasteiger charge is -2.13. The van der Waals surface area contributed by atoms with E-state index in [-0.39, 0.29) is 0 Å². The van der Waals surface area contributed by atoms with Crippen LogP contribution in [0.15, 0.2) is 61.3 Å². The van der Waals surface area contributed by atoms with Gasteiger partial charge in [0.15, 0.2) is 0 Å². The number of nitrogens with zero attached hydrogens (tertiary/aromatic N) is 1. The van der Waals surface area contributed by atoms with Crippen molar-refractivity contribution in [2.75, 3.05) is 0 Å². The van der Waals surface area contributed by atoms with Crippen molar-refractivity contribution < 1.29 is 0 Å². The molecule has 0 radical (unpaired) electrons. The van der Waals surface area contributed by atoms with Crippen molar-refractivity contribution in [2.24, 2.45) is 0 Å². The molecule has 0 saturated heterocycles. The maximum Gasteiger partial charge on any atom is 0.0780 e. The van der Waals surface area contributed by atoms with Crippen molar-refractivity contribution >= 4 is 16.3 Å². The molecule has 0 saturated carbocycles. The van der Waals surface area contributed by atoms with Crippen LogP contribution in [-0.4, -0.2) is 4.98 Å². The van der Waals surface area contributed by atoms with E-state index < -0.39 is 0 Å².